The van der Waals surface area contributed by atoms with Gasteiger partial charge in [0, 0.05) is 11.3 Å². The number of anilines is 1. The Labute approximate surface area is 142 Å². The molecule has 23 heavy (non-hydrogen) atoms. The van der Waals surface area contributed by atoms with E-state index >= 15 is 0 Å². The highest BCUT2D eigenvalue weighted by molar-refractivity contribution is 5.95. The van der Waals surface area contributed by atoms with E-state index in [4.69, 9.17) is 4.74 Å². The lowest BCUT2D eigenvalue weighted by Crippen LogP contribution is -2.35. The van der Waals surface area contributed by atoms with E-state index < -0.39 is 0 Å². The molecule has 1 unspecified atom stereocenters. The lowest BCUT2D eigenvalue weighted by Gasteiger charge is -2.13. The van der Waals surface area contributed by atoms with Crippen LogP contribution in [0.15, 0.2) is 48.5 Å². The molecule has 1 aliphatic heterocycles. The minimum absolute atomic E-state index is 0. The largest absolute Gasteiger partial charge is 0.496 e. The van der Waals surface area contributed by atoms with Crippen molar-refractivity contribution in [2.24, 2.45) is 0 Å². The van der Waals surface area contributed by atoms with Gasteiger partial charge in [0.15, 0.2) is 0 Å². The third-order valence-electron chi connectivity index (χ3n) is 3.92. The minimum Gasteiger partial charge on any atom is -0.496 e. The van der Waals surface area contributed by atoms with Gasteiger partial charge >= 0.3 is 0 Å². The predicted octanol–water partition coefficient (Wildman–Crippen LogP) is 3.47. The first-order valence-corrected chi connectivity index (χ1v) is 7.55. The number of hydrogen-bond acceptors (Lipinski definition) is 3. The predicted molar refractivity (Wildman–Crippen MR) is 95.3 cm³/mol. The maximum absolute atomic E-state index is 12.2. The lowest BCUT2D eigenvalue weighted by molar-refractivity contribution is -0.117. The number of nitrogens with one attached hydrogen (secondary N) is 2. The molecule has 1 atom stereocenters. The summed E-state index contributed by atoms with van der Waals surface area (Å²) in [5.41, 5.74) is 2.84. The molecule has 1 amide bonds. The monoisotopic (exact) mass is 332 g/mol. The molecule has 3 rings (SSSR count). The normalized spacial score (nSPS) is 16.5. The second-order valence-electron chi connectivity index (χ2n) is 5.42. The molecule has 122 valence electrons. The van der Waals surface area contributed by atoms with Crippen molar-refractivity contribution in [3.8, 4) is 16.9 Å². The Balaban J connectivity index is 0.00000192. The summed E-state index contributed by atoms with van der Waals surface area (Å²) in [7, 11) is 1.66. The van der Waals surface area contributed by atoms with Gasteiger partial charge in [-0.3, -0.25) is 4.79 Å². The van der Waals surface area contributed by atoms with Gasteiger partial charge in [-0.1, -0.05) is 30.3 Å². The molecule has 0 saturated carbocycles. The van der Waals surface area contributed by atoms with Crippen LogP contribution in [-0.4, -0.2) is 25.6 Å². The van der Waals surface area contributed by atoms with Crippen LogP contribution in [0.5, 0.6) is 5.75 Å². The first-order chi connectivity index (χ1) is 10.8. The van der Waals surface area contributed by atoms with Crippen molar-refractivity contribution in [2.45, 2.75) is 18.9 Å². The maximum Gasteiger partial charge on any atom is 0.241 e. The van der Waals surface area contributed by atoms with E-state index in [2.05, 4.69) is 10.6 Å². The smallest absolute Gasteiger partial charge is 0.241 e. The summed E-state index contributed by atoms with van der Waals surface area (Å²) in [5.74, 6) is 0.859. The van der Waals surface area contributed by atoms with Crippen LogP contribution in [0.1, 0.15) is 12.8 Å². The van der Waals surface area contributed by atoms with E-state index in [0.717, 1.165) is 42.0 Å². The fourth-order valence-corrected chi connectivity index (χ4v) is 2.79. The fourth-order valence-electron chi connectivity index (χ4n) is 2.79. The molecule has 1 heterocycles. The molecule has 2 aromatic rings. The Morgan fingerprint density at radius 3 is 2.78 bits per heavy atom. The summed E-state index contributed by atoms with van der Waals surface area (Å²) in [6.45, 7) is 0.916. The highest BCUT2D eigenvalue weighted by atomic mass is 35.5. The molecule has 0 aliphatic carbocycles. The SMILES string of the molecule is COc1ccccc1-c1cccc(NC(=O)C2CCCN2)c1.Cl. The van der Waals surface area contributed by atoms with Gasteiger partial charge in [-0.05, 0) is 43.1 Å². The standard InChI is InChI=1S/C18H20N2O2.ClH/c1-22-17-10-3-2-8-15(17)13-6-4-7-14(12-13)20-18(21)16-9-5-11-19-16;/h2-4,6-8,10,12,16,19H,5,9,11H2,1H3,(H,20,21);1H. The van der Waals surface area contributed by atoms with Crippen LogP contribution in [0, 0.1) is 0 Å². The molecule has 0 spiro atoms. The highest BCUT2D eigenvalue weighted by Crippen LogP contribution is 2.31. The second kappa shape index (κ2) is 7.99. The van der Waals surface area contributed by atoms with Gasteiger partial charge in [-0.15, -0.1) is 12.4 Å². The number of methoxy groups -OCH3 is 1. The van der Waals surface area contributed by atoms with E-state index in [1.54, 1.807) is 7.11 Å². The zero-order valence-corrected chi connectivity index (χ0v) is 13.9. The number of benzene rings is 2. The highest BCUT2D eigenvalue weighted by Gasteiger charge is 2.21. The van der Waals surface area contributed by atoms with Crippen molar-refractivity contribution in [1.29, 1.82) is 0 Å². The summed E-state index contributed by atoms with van der Waals surface area (Å²) in [6.07, 6.45) is 1.96. The van der Waals surface area contributed by atoms with Gasteiger partial charge < -0.3 is 15.4 Å². The Bertz CT molecular complexity index is 670. The second-order valence-corrected chi connectivity index (χ2v) is 5.42. The fraction of sp³-hybridized carbons (Fsp3) is 0.278. The summed E-state index contributed by atoms with van der Waals surface area (Å²) in [6, 6.07) is 15.6. The first-order valence-electron chi connectivity index (χ1n) is 7.55. The number of para-hydroxylation sites is 1. The Hall–Kier alpha value is -2.04. The number of carbonyl (C=O) groups is 1. The molecule has 0 radical (unpaired) electrons. The third-order valence-corrected chi connectivity index (χ3v) is 3.92. The van der Waals surface area contributed by atoms with E-state index in [9.17, 15) is 4.79 Å². The van der Waals surface area contributed by atoms with Gasteiger partial charge in [-0.25, -0.2) is 0 Å². The van der Waals surface area contributed by atoms with Gasteiger partial charge in [0.25, 0.3) is 0 Å². The molecule has 0 aromatic heterocycles. The van der Waals surface area contributed by atoms with E-state index in [1.807, 2.05) is 48.5 Å². The van der Waals surface area contributed by atoms with Gasteiger partial charge in [0.1, 0.15) is 5.75 Å². The van der Waals surface area contributed by atoms with Gasteiger partial charge in [0.05, 0.1) is 13.2 Å². The summed E-state index contributed by atoms with van der Waals surface area (Å²) >= 11 is 0. The zero-order valence-electron chi connectivity index (χ0n) is 13.0. The zero-order chi connectivity index (χ0) is 15.4. The number of carbonyl (C=O) groups excluding carboxylic acids is 1. The van der Waals surface area contributed by atoms with E-state index in [0.29, 0.717) is 0 Å². The van der Waals surface area contributed by atoms with Crippen molar-refractivity contribution in [2.75, 3.05) is 19.0 Å². The Kier molecular flexibility index (Phi) is 6.02. The molecule has 2 N–H and O–H groups in total. The van der Waals surface area contributed by atoms with Crippen molar-refractivity contribution in [3.63, 3.8) is 0 Å². The molecule has 1 aliphatic rings. The topological polar surface area (TPSA) is 50.4 Å². The van der Waals surface area contributed by atoms with Crippen LogP contribution >= 0.6 is 12.4 Å². The number of rotatable bonds is 4. The van der Waals surface area contributed by atoms with Crippen LogP contribution in [0.4, 0.5) is 5.69 Å². The Morgan fingerprint density at radius 1 is 1.22 bits per heavy atom. The third kappa shape index (κ3) is 4.03. The number of amides is 1. The van der Waals surface area contributed by atoms with Crippen LogP contribution in [0.25, 0.3) is 11.1 Å². The Morgan fingerprint density at radius 2 is 2.04 bits per heavy atom. The van der Waals surface area contributed by atoms with Crippen LogP contribution in [0.2, 0.25) is 0 Å². The average molecular weight is 333 g/mol. The summed E-state index contributed by atoms with van der Waals surface area (Å²) in [5, 5.41) is 6.20. The van der Waals surface area contributed by atoms with Crippen LogP contribution in [-0.2, 0) is 4.79 Å². The van der Waals surface area contributed by atoms with Crippen molar-refractivity contribution >= 4 is 24.0 Å². The molecule has 1 saturated heterocycles. The van der Waals surface area contributed by atoms with Crippen LogP contribution < -0.4 is 15.4 Å². The molecule has 4 nitrogen and oxygen atoms in total. The average Bonchev–Trinajstić information content (AvgIpc) is 3.10. The summed E-state index contributed by atoms with van der Waals surface area (Å²) < 4.78 is 5.40. The maximum atomic E-state index is 12.2. The molecular weight excluding hydrogens is 312 g/mol. The van der Waals surface area contributed by atoms with E-state index in [-0.39, 0.29) is 24.4 Å². The summed E-state index contributed by atoms with van der Waals surface area (Å²) in [4.78, 5) is 12.2. The molecule has 0 bridgehead atoms. The quantitative estimate of drug-likeness (QED) is 0.901. The van der Waals surface area contributed by atoms with Crippen molar-refractivity contribution in [1.82, 2.24) is 5.32 Å². The van der Waals surface area contributed by atoms with Crippen molar-refractivity contribution in [3.05, 3.63) is 48.5 Å². The van der Waals surface area contributed by atoms with Crippen LogP contribution in [0.3, 0.4) is 0 Å². The van der Waals surface area contributed by atoms with Gasteiger partial charge in [-0.2, -0.15) is 0 Å². The molecule has 1 fully saturated rings. The molecule has 2 aromatic carbocycles. The lowest BCUT2D eigenvalue weighted by atomic mass is 10.0. The number of ether oxygens (including phenoxy) is 1. The minimum atomic E-state index is -0.0742. The number of hydrogen-bond donors (Lipinski definition) is 2. The molecular formula is C18H21ClN2O2. The number of halogens is 1. The van der Waals surface area contributed by atoms with E-state index in [1.165, 1.54) is 0 Å². The van der Waals surface area contributed by atoms with Gasteiger partial charge in [0.2, 0.25) is 5.91 Å². The van der Waals surface area contributed by atoms with Crippen molar-refractivity contribution < 1.29 is 9.53 Å². The molecule has 5 heteroatoms. The first kappa shape index (κ1) is 17.3.